The van der Waals surface area contributed by atoms with Gasteiger partial charge in [-0.25, -0.2) is 0 Å². The van der Waals surface area contributed by atoms with Crippen molar-refractivity contribution in [2.45, 2.75) is 44.7 Å². The first-order valence-electron chi connectivity index (χ1n) is 6.92. The highest BCUT2D eigenvalue weighted by molar-refractivity contribution is 5.31. The third-order valence-electron chi connectivity index (χ3n) is 3.94. The first-order chi connectivity index (χ1) is 8.81. The highest BCUT2D eigenvalue weighted by atomic mass is 16.3. The molecule has 0 saturated heterocycles. The fraction of sp³-hybridized carbons (Fsp3) is 0.600. The molecule has 0 heterocycles. The Hall–Kier alpha value is -1.06. The number of para-hydroxylation sites is 1. The van der Waals surface area contributed by atoms with Crippen LogP contribution in [0.2, 0.25) is 0 Å². The molecule has 2 atom stereocenters. The summed E-state index contributed by atoms with van der Waals surface area (Å²) in [6.07, 6.45) is 5.95. The van der Waals surface area contributed by atoms with Crippen LogP contribution >= 0.6 is 0 Å². The minimum atomic E-state index is 0.262. The summed E-state index contributed by atoms with van der Waals surface area (Å²) in [5.41, 5.74) is 0.929. The van der Waals surface area contributed by atoms with Crippen molar-refractivity contribution >= 4 is 0 Å². The molecule has 1 fully saturated rings. The molecule has 0 amide bonds. The molecule has 1 aromatic rings. The molecule has 18 heavy (non-hydrogen) atoms. The van der Waals surface area contributed by atoms with Gasteiger partial charge in [0.1, 0.15) is 5.75 Å². The molecule has 1 saturated carbocycles. The van der Waals surface area contributed by atoms with E-state index in [4.69, 9.17) is 0 Å². The van der Waals surface area contributed by atoms with Crippen molar-refractivity contribution in [3.63, 3.8) is 0 Å². The number of hydrogen-bond acceptors (Lipinski definition) is 3. The van der Waals surface area contributed by atoms with Gasteiger partial charge in [-0.05, 0) is 24.8 Å². The van der Waals surface area contributed by atoms with E-state index in [1.807, 2.05) is 18.2 Å². The summed E-state index contributed by atoms with van der Waals surface area (Å²) >= 11 is 0. The average molecular weight is 249 g/mol. The van der Waals surface area contributed by atoms with Crippen LogP contribution in [0, 0.1) is 5.92 Å². The van der Waals surface area contributed by atoms with Crippen molar-refractivity contribution in [3.8, 4) is 5.75 Å². The van der Waals surface area contributed by atoms with Gasteiger partial charge >= 0.3 is 0 Å². The van der Waals surface area contributed by atoms with Crippen molar-refractivity contribution in [2.24, 2.45) is 5.92 Å². The number of rotatable bonds is 4. The van der Waals surface area contributed by atoms with Crippen molar-refractivity contribution < 1.29 is 10.2 Å². The Balaban J connectivity index is 1.93. The number of phenolic OH excluding ortho intramolecular Hbond substituents is 1. The SMILES string of the molecule is OCC1CCCCCC1NCc1ccccc1O. The van der Waals surface area contributed by atoms with Gasteiger partial charge in [0.25, 0.3) is 0 Å². The monoisotopic (exact) mass is 249 g/mol. The number of nitrogens with one attached hydrogen (secondary N) is 1. The Bertz CT molecular complexity index is 367. The lowest BCUT2D eigenvalue weighted by atomic mass is 9.95. The summed E-state index contributed by atoms with van der Waals surface area (Å²) < 4.78 is 0. The molecule has 3 nitrogen and oxygen atoms in total. The van der Waals surface area contributed by atoms with E-state index >= 15 is 0 Å². The molecule has 0 bridgehead atoms. The summed E-state index contributed by atoms with van der Waals surface area (Å²) in [6, 6.07) is 7.80. The standard InChI is InChI=1S/C15H23NO2/c17-11-13-7-2-1-3-8-14(13)16-10-12-6-4-5-9-15(12)18/h4-6,9,13-14,16-18H,1-3,7-8,10-11H2. The summed E-state index contributed by atoms with van der Waals surface area (Å²) in [5.74, 6) is 0.706. The van der Waals surface area contributed by atoms with Crippen LogP contribution in [-0.2, 0) is 6.54 Å². The molecule has 0 aliphatic heterocycles. The van der Waals surface area contributed by atoms with E-state index in [0.717, 1.165) is 18.4 Å². The molecule has 2 unspecified atom stereocenters. The Kier molecular flexibility index (Phi) is 5.02. The van der Waals surface area contributed by atoms with Gasteiger partial charge < -0.3 is 15.5 Å². The summed E-state index contributed by atoms with van der Waals surface area (Å²) in [7, 11) is 0. The third kappa shape index (κ3) is 3.47. The first-order valence-corrected chi connectivity index (χ1v) is 6.92. The number of benzene rings is 1. The van der Waals surface area contributed by atoms with E-state index in [1.54, 1.807) is 6.07 Å². The number of aromatic hydroxyl groups is 1. The quantitative estimate of drug-likeness (QED) is 0.718. The van der Waals surface area contributed by atoms with Gasteiger partial charge in [-0.2, -0.15) is 0 Å². The lowest BCUT2D eigenvalue weighted by Gasteiger charge is -2.24. The molecular weight excluding hydrogens is 226 g/mol. The second kappa shape index (κ2) is 6.76. The molecule has 100 valence electrons. The second-order valence-electron chi connectivity index (χ2n) is 5.20. The summed E-state index contributed by atoms with van der Waals surface area (Å²) in [5, 5.41) is 22.7. The highest BCUT2D eigenvalue weighted by Crippen LogP contribution is 2.24. The number of hydrogen-bond donors (Lipinski definition) is 3. The van der Waals surface area contributed by atoms with Crippen molar-refractivity contribution in [1.29, 1.82) is 0 Å². The molecule has 0 aromatic heterocycles. The number of aliphatic hydroxyl groups is 1. The van der Waals surface area contributed by atoms with Crippen LogP contribution in [0.1, 0.15) is 37.7 Å². The Morgan fingerprint density at radius 1 is 1.11 bits per heavy atom. The lowest BCUT2D eigenvalue weighted by Crippen LogP contribution is -2.36. The molecule has 1 aromatic carbocycles. The number of phenols is 1. The van der Waals surface area contributed by atoms with Crippen LogP contribution in [0.4, 0.5) is 0 Å². The summed E-state index contributed by atoms with van der Waals surface area (Å²) in [4.78, 5) is 0. The van der Waals surface area contributed by atoms with E-state index in [0.29, 0.717) is 24.3 Å². The van der Waals surface area contributed by atoms with Crippen LogP contribution in [0.25, 0.3) is 0 Å². The zero-order chi connectivity index (χ0) is 12.8. The van der Waals surface area contributed by atoms with Crippen LogP contribution in [0.3, 0.4) is 0 Å². The molecule has 3 heteroatoms. The van der Waals surface area contributed by atoms with Crippen LogP contribution in [0.5, 0.6) is 5.75 Å². The maximum atomic E-state index is 9.73. The summed E-state index contributed by atoms with van der Waals surface area (Å²) in [6.45, 7) is 0.937. The van der Waals surface area contributed by atoms with E-state index in [2.05, 4.69) is 5.32 Å². The van der Waals surface area contributed by atoms with Gasteiger partial charge in [-0.1, -0.05) is 37.5 Å². The largest absolute Gasteiger partial charge is 0.508 e. The lowest BCUT2D eigenvalue weighted by molar-refractivity contribution is 0.181. The minimum Gasteiger partial charge on any atom is -0.508 e. The van der Waals surface area contributed by atoms with Gasteiger partial charge in [0.05, 0.1) is 0 Å². The zero-order valence-corrected chi connectivity index (χ0v) is 10.8. The normalized spacial score (nSPS) is 24.7. The van der Waals surface area contributed by atoms with E-state index in [1.165, 1.54) is 19.3 Å². The van der Waals surface area contributed by atoms with Gasteiger partial charge in [-0.15, -0.1) is 0 Å². The Morgan fingerprint density at radius 3 is 2.67 bits per heavy atom. The minimum absolute atomic E-state index is 0.262. The predicted molar refractivity (Wildman–Crippen MR) is 72.4 cm³/mol. The highest BCUT2D eigenvalue weighted by Gasteiger charge is 2.22. The van der Waals surface area contributed by atoms with Gasteiger partial charge in [-0.3, -0.25) is 0 Å². The fourth-order valence-corrected chi connectivity index (χ4v) is 2.77. The average Bonchev–Trinajstić information content (AvgIpc) is 2.62. The second-order valence-corrected chi connectivity index (χ2v) is 5.20. The number of aliphatic hydroxyl groups excluding tert-OH is 1. The molecule has 0 radical (unpaired) electrons. The molecule has 1 aliphatic rings. The predicted octanol–water partition coefficient (Wildman–Crippen LogP) is 2.42. The van der Waals surface area contributed by atoms with E-state index in [9.17, 15) is 10.2 Å². The molecule has 1 aliphatic carbocycles. The van der Waals surface area contributed by atoms with Crippen molar-refractivity contribution in [2.75, 3.05) is 6.61 Å². The smallest absolute Gasteiger partial charge is 0.120 e. The molecule has 3 N–H and O–H groups in total. The Labute approximate surface area is 109 Å². The Morgan fingerprint density at radius 2 is 1.89 bits per heavy atom. The van der Waals surface area contributed by atoms with Gasteiger partial charge in [0, 0.05) is 24.8 Å². The van der Waals surface area contributed by atoms with Crippen molar-refractivity contribution in [1.82, 2.24) is 5.32 Å². The van der Waals surface area contributed by atoms with Crippen molar-refractivity contribution in [3.05, 3.63) is 29.8 Å². The maximum Gasteiger partial charge on any atom is 0.120 e. The van der Waals surface area contributed by atoms with Crippen LogP contribution in [-0.4, -0.2) is 22.9 Å². The van der Waals surface area contributed by atoms with Crippen LogP contribution in [0.15, 0.2) is 24.3 Å². The third-order valence-corrected chi connectivity index (χ3v) is 3.94. The maximum absolute atomic E-state index is 9.73. The first kappa shape index (κ1) is 13.4. The fourth-order valence-electron chi connectivity index (χ4n) is 2.77. The van der Waals surface area contributed by atoms with E-state index < -0.39 is 0 Å². The van der Waals surface area contributed by atoms with Crippen LogP contribution < -0.4 is 5.32 Å². The molecule has 0 spiro atoms. The van der Waals surface area contributed by atoms with E-state index in [-0.39, 0.29) is 6.61 Å². The topological polar surface area (TPSA) is 52.5 Å². The van der Waals surface area contributed by atoms with Gasteiger partial charge in [0.15, 0.2) is 0 Å². The molecular formula is C15H23NO2. The zero-order valence-electron chi connectivity index (χ0n) is 10.8. The molecule has 2 rings (SSSR count). The van der Waals surface area contributed by atoms with Gasteiger partial charge in [0.2, 0.25) is 0 Å².